The third kappa shape index (κ3) is 3.20. The second-order valence-electron chi connectivity index (χ2n) is 4.36. The van der Waals surface area contributed by atoms with Gasteiger partial charge in [0, 0.05) is 10.6 Å². The van der Waals surface area contributed by atoms with Crippen LogP contribution >= 0.6 is 23.2 Å². The van der Waals surface area contributed by atoms with E-state index in [1.807, 2.05) is 26.0 Å². The molecule has 0 amide bonds. The Hall–Kier alpha value is -1.25. The van der Waals surface area contributed by atoms with Crippen LogP contribution in [0.25, 0.3) is 0 Å². The zero-order valence-corrected chi connectivity index (χ0v) is 12.1. The van der Waals surface area contributed by atoms with Crippen molar-refractivity contribution in [3.8, 4) is 11.5 Å². The van der Waals surface area contributed by atoms with Gasteiger partial charge < -0.3 is 4.74 Å². The first-order valence-corrected chi connectivity index (χ1v) is 6.71. The van der Waals surface area contributed by atoms with Crippen LogP contribution in [0.2, 0.25) is 5.02 Å². The molecule has 0 saturated heterocycles. The van der Waals surface area contributed by atoms with E-state index in [0.29, 0.717) is 17.1 Å². The average molecular weight is 299 g/mol. The van der Waals surface area contributed by atoms with Crippen LogP contribution in [-0.2, 0) is 5.88 Å². The predicted octanol–water partition coefficient (Wildman–Crippen LogP) is 5.63. The number of rotatable bonds is 3. The minimum atomic E-state index is -0.327. The Bertz CT molecular complexity index is 588. The Labute approximate surface area is 121 Å². The minimum absolute atomic E-state index is 0.193. The second-order valence-corrected chi connectivity index (χ2v) is 5.00. The van der Waals surface area contributed by atoms with Crippen molar-refractivity contribution in [2.24, 2.45) is 0 Å². The minimum Gasteiger partial charge on any atom is -0.457 e. The van der Waals surface area contributed by atoms with Crippen molar-refractivity contribution in [2.75, 3.05) is 0 Å². The average Bonchev–Trinajstić information content (AvgIpc) is 2.38. The monoisotopic (exact) mass is 298 g/mol. The van der Waals surface area contributed by atoms with Crippen LogP contribution in [0.15, 0.2) is 30.3 Å². The molecule has 0 heterocycles. The Morgan fingerprint density at radius 3 is 2.32 bits per heavy atom. The molecule has 0 aliphatic carbocycles. The van der Waals surface area contributed by atoms with Crippen molar-refractivity contribution in [3.05, 3.63) is 57.9 Å². The first-order valence-electron chi connectivity index (χ1n) is 5.80. The Morgan fingerprint density at radius 2 is 1.74 bits per heavy atom. The Kier molecular flexibility index (Phi) is 4.33. The molecule has 0 fully saturated rings. The summed E-state index contributed by atoms with van der Waals surface area (Å²) in [5.74, 6) is 1.08. The van der Waals surface area contributed by atoms with Gasteiger partial charge in [0.1, 0.15) is 17.3 Å². The third-order valence-electron chi connectivity index (χ3n) is 2.80. The highest BCUT2D eigenvalue weighted by atomic mass is 35.5. The molecule has 2 aromatic rings. The predicted molar refractivity (Wildman–Crippen MR) is 77.0 cm³/mol. The van der Waals surface area contributed by atoms with Crippen molar-refractivity contribution in [1.82, 2.24) is 0 Å². The number of hydrogen-bond donors (Lipinski definition) is 0. The molecule has 0 radical (unpaired) electrons. The molecular weight excluding hydrogens is 286 g/mol. The van der Waals surface area contributed by atoms with Crippen LogP contribution in [0, 0.1) is 19.7 Å². The van der Waals surface area contributed by atoms with E-state index >= 15 is 0 Å². The van der Waals surface area contributed by atoms with Crippen LogP contribution in [0.1, 0.15) is 16.7 Å². The third-order valence-corrected chi connectivity index (χ3v) is 3.69. The highest BCUT2D eigenvalue weighted by Crippen LogP contribution is 2.31. The summed E-state index contributed by atoms with van der Waals surface area (Å²) in [5.41, 5.74) is 2.49. The molecule has 0 N–H and O–H groups in total. The summed E-state index contributed by atoms with van der Waals surface area (Å²) < 4.78 is 18.9. The lowest BCUT2D eigenvalue weighted by Crippen LogP contribution is -1.92. The van der Waals surface area contributed by atoms with Crippen LogP contribution in [0.3, 0.4) is 0 Å². The normalized spacial score (nSPS) is 10.6. The standard InChI is InChI=1S/C15H13Cl2FO/c1-9-5-13(6-10(2)15(9)17)19-14-4-3-12(18)7-11(14)8-16/h3-7H,8H2,1-2H3. The van der Waals surface area contributed by atoms with Gasteiger partial charge in [-0.05, 0) is 55.3 Å². The van der Waals surface area contributed by atoms with E-state index in [0.717, 1.165) is 16.1 Å². The fraction of sp³-hybridized carbons (Fsp3) is 0.200. The van der Waals surface area contributed by atoms with E-state index in [2.05, 4.69) is 0 Å². The van der Waals surface area contributed by atoms with Crippen molar-refractivity contribution in [2.45, 2.75) is 19.7 Å². The number of aryl methyl sites for hydroxylation is 2. The molecule has 100 valence electrons. The fourth-order valence-corrected chi connectivity index (χ4v) is 2.16. The summed E-state index contributed by atoms with van der Waals surface area (Å²) in [4.78, 5) is 0. The van der Waals surface area contributed by atoms with Gasteiger partial charge in [-0.2, -0.15) is 0 Å². The molecule has 2 aromatic carbocycles. The molecule has 0 aliphatic rings. The quantitative estimate of drug-likeness (QED) is 0.668. The molecule has 1 nitrogen and oxygen atoms in total. The van der Waals surface area contributed by atoms with Crippen LogP contribution in [0.4, 0.5) is 4.39 Å². The first kappa shape index (κ1) is 14.2. The van der Waals surface area contributed by atoms with Gasteiger partial charge in [-0.1, -0.05) is 11.6 Å². The maximum atomic E-state index is 13.1. The SMILES string of the molecule is Cc1cc(Oc2ccc(F)cc2CCl)cc(C)c1Cl. The molecule has 4 heteroatoms. The molecule has 2 rings (SSSR count). The summed E-state index contributed by atoms with van der Waals surface area (Å²) in [7, 11) is 0. The topological polar surface area (TPSA) is 9.23 Å². The van der Waals surface area contributed by atoms with Gasteiger partial charge in [-0.25, -0.2) is 4.39 Å². The van der Waals surface area contributed by atoms with E-state index in [-0.39, 0.29) is 11.7 Å². The lowest BCUT2D eigenvalue weighted by molar-refractivity contribution is 0.475. The number of ether oxygens (including phenoxy) is 1. The number of hydrogen-bond acceptors (Lipinski definition) is 1. The van der Waals surface area contributed by atoms with Crippen molar-refractivity contribution in [3.63, 3.8) is 0 Å². The van der Waals surface area contributed by atoms with Crippen molar-refractivity contribution < 1.29 is 9.13 Å². The summed E-state index contributed by atoms with van der Waals surface area (Å²) in [5, 5.41) is 0.726. The van der Waals surface area contributed by atoms with Gasteiger partial charge in [0.25, 0.3) is 0 Å². The van der Waals surface area contributed by atoms with Gasteiger partial charge in [0.05, 0.1) is 5.88 Å². The lowest BCUT2D eigenvalue weighted by Gasteiger charge is -2.12. The molecule has 0 aliphatic heterocycles. The summed E-state index contributed by atoms with van der Waals surface area (Å²) in [6, 6.07) is 7.98. The summed E-state index contributed by atoms with van der Waals surface area (Å²) in [6.07, 6.45) is 0. The van der Waals surface area contributed by atoms with E-state index in [1.54, 1.807) is 6.07 Å². The van der Waals surface area contributed by atoms with Crippen LogP contribution < -0.4 is 4.74 Å². The van der Waals surface area contributed by atoms with E-state index in [1.165, 1.54) is 12.1 Å². The lowest BCUT2D eigenvalue weighted by atomic mass is 10.1. The molecule has 0 spiro atoms. The Balaban J connectivity index is 2.36. The fourth-order valence-electron chi connectivity index (χ4n) is 1.84. The van der Waals surface area contributed by atoms with E-state index in [4.69, 9.17) is 27.9 Å². The summed E-state index contributed by atoms with van der Waals surface area (Å²) in [6.45, 7) is 3.82. The highest BCUT2D eigenvalue weighted by Gasteiger charge is 2.08. The number of alkyl halides is 1. The molecule has 0 aromatic heterocycles. The molecule has 0 atom stereocenters. The van der Waals surface area contributed by atoms with Gasteiger partial charge >= 0.3 is 0 Å². The van der Waals surface area contributed by atoms with Crippen molar-refractivity contribution >= 4 is 23.2 Å². The number of halogens is 3. The molecule has 19 heavy (non-hydrogen) atoms. The van der Waals surface area contributed by atoms with Gasteiger partial charge in [-0.15, -0.1) is 11.6 Å². The smallest absolute Gasteiger partial charge is 0.132 e. The van der Waals surface area contributed by atoms with E-state index < -0.39 is 0 Å². The van der Waals surface area contributed by atoms with E-state index in [9.17, 15) is 4.39 Å². The van der Waals surface area contributed by atoms with Crippen molar-refractivity contribution in [1.29, 1.82) is 0 Å². The zero-order valence-electron chi connectivity index (χ0n) is 10.6. The highest BCUT2D eigenvalue weighted by molar-refractivity contribution is 6.32. The summed E-state index contributed by atoms with van der Waals surface area (Å²) >= 11 is 11.9. The van der Waals surface area contributed by atoms with Crippen LogP contribution in [-0.4, -0.2) is 0 Å². The molecule has 0 saturated carbocycles. The van der Waals surface area contributed by atoms with Crippen LogP contribution in [0.5, 0.6) is 11.5 Å². The first-order chi connectivity index (χ1) is 9.01. The molecular formula is C15H13Cl2FO. The van der Waals surface area contributed by atoms with Gasteiger partial charge in [0.2, 0.25) is 0 Å². The maximum absolute atomic E-state index is 13.1. The second kappa shape index (κ2) is 5.81. The van der Waals surface area contributed by atoms with Gasteiger partial charge in [-0.3, -0.25) is 0 Å². The largest absolute Gasteiger partial charge is 0.457 e. The Morgan fingerprint density at radius 1 is 1.11 bits per heavy atom. The zero-order chi connectivity index (χ0) is 14.0. The molecule has 0 unspecified atom stereocenters. The number of benzene rings is 2. The maximum Gasteiger partial charge on any atom is 0.132 e. The van der Waals surface area contributed by atoms with Gasteiger partial charge in [0.15, 0.2) is 0 Å². The molecule has 0 bridgehead atoms.